The van der Waals surface area contributed by atoms with Gasteiger partial charge < -0.3 is 10.4 Å². The minimum atomic E-state index is -1.18. The van der Waals surface area contributed by atoms with Crippen molar-refractivity contribution in [1.82, 2.24) is 5.32 Å². The molecule has 8 heteroatoms. The van der Waals surface area contributed by atoms with E-state index in [0.717, 1.165) is 12.1 Å². The van der Waals surface area contributed by atoms with Crippen LogP contribution in [0.3, 0.4) is 0 Å². The number of halogens is 4. The van der Waals surface area contributed by atoms with E-state index in [-0.39, 0.29) is 16.1 Å². The number of amides is 1. The van der Waals surface area contributed by atoms with E-state index in [0.29, 0.717) is 6.42 Å². The first-order chi connectivity index (χ1) is 12.8. The van der Waals surface area contributed by atoms with Gasteiger partial charge in [0.15, 0.2) is 11.6 Å². The summed E-state index contributed by atoms with van der Waals surface area (Å²) < 4.78 is 40.9. The van der Waals surface area contributed by atoms with Crippen molar-refractivity contribution >= 4 is 23.5 Å². The topological polar surface area (TPSA) is 66.4 Å². The maximum absolute atomic E-state index is 13.9. The van der Waals surface area contributed by atoms with E-state index in [4.69, 9.17) is 16.7 Å². The summed E-state index contributed by atoms with van der Waals surface area (Å²) in [5, 5.41) is 11.5. The van der Waals surface area contributed by atoms with Crippen LogP contribution in [0.2, 0.25) is 5.02 Å². The summed E-state index contributed by atoms with van der Waals surface area (Å²) in [7, 11) is 0. The van der Waals surface area contributed by atoms with Crippen LogP contribution in [0.25, 0.3) is 0 Å². The van der Waals surface area contributed by atoms with Crippen LogP contribution >= 0.6 is 11.6 Å². The predicted molar refractivity (Wildman–Crippen MR) is 91.8 cm³/mol. The second-order valence-corrected chi connectivity index (χ2v) is 6.83. The average Bonchev–Trinajstić information content (AvgIpc) is 3.39. The molecule has 1 aliphatic rings. The zero-order valence-electron chi connectivity index (χ0n) is 13.9. The van der Waals surface area contributed by atoms with Crippen LogP contribution in [-0.4, -0.2) is 17.0 Å². The molecule has 2 N–H and O–H groups in total. The van der Waals surface area contributed by atoms with Crippen LogP contribution in [-0.2, 0) is 9.59 Å². The van der Waals surface area contributed by atoms with E-state index in [9.17, 15) is 22.8 Å². The zero-order chi connectivity index (χ0) is 19.7. The first kappa shape index (κ1) is 19.2. The molecule has 3 atom stereocenters. The summed E-state index contributed by atoms with van der Waals surface area (Å²) in [5.41, 5.74) is 0.365. The normalized spacial score (nSPS) is 19.4. The fourth-order valence-electron chi connectivity index (χ4n) is 3.07. The molecule has 27 heavy (non-hydrogen) atoms. The Balaban J connectivity index is 1.74. The third-order valence-electron chi connectivity index (χ3n) is 4.55. The molecule has 2 aromatic rings. The Bertz CT molecular complexity index is 906. The number of rotatable bonds is 6. The molecule has 0 saturated heterocycles. The summed E-state index contributed by atoms with van der Waals surface area (Å²) >= 11 is 5.63. The maximum atomic E-state index is 13.9. The Hall–Kier alpha value is -2.54. The van der Waals surface area contributed by atoms with Crippen LogP contribution in [0.15, 0.2) is 36.4 Å². The summed E-state index contributed by atoms with van der Waals surface area (Å²) in [6.07, 6.45) is -0.139. The monoisotopic (exact) mass is 397 g/mol. The Morgan fingerprint density at radius 1 is 1.19 bits per heavy atom. The lowest BCUT2D eigenvalue weighted by Gasteiger charge is -2.18. The number of hydrogen-bond donors (Lipinski definition) is 2. The van der Waals surface area contributed by atoms with Gasteiger partial charge in [-0.25, -0.2) is 13.2 Å². The molecule has 3 unspecified atom stereocenters. The highest BCUT2D eigenvalue weighted by atomic mass is 35.5. The van der Waals surface area contributed by atoms with Crippen molar-refractivity contribution in [3.05, 3.63) is 70.0 Å². The summed E-state index contributed by atoms with van der Waals surface area (Å²) in [6, 6.07) is 6.57. The van der Waals surface area contributed by atoms with Crippen molar-refractivity contribution in [2.24, 2.45) is 5.92 Å². The van der Waals surface area contributed by atoms with Gasteiger partial charge >= 0.3 is 5.97 Å². The Labute approximate surface area is 158 Å². The van der Waals surface area contributed by atoms with Gasteiger partial charge in [-0.05, 0) is 41.7 Å². The van der Waals surface area contributed by atoms with Crippen LogP contribution in [0.5, 0.6) is 0 Å². The number of carbonyl (C=O) groups is 2. The summed E-state index contributed by atoms with van der Waals surface area (Å²) in [6.45, 7) is 0. The number of aliphatic carboxylic acids is 1. The smallest absolute Gasteiger partial charge is 0.305 e. The Morgan fingerprint density at radius 2 is 1.93 bits per heavy atom. The third kappa shape index (κ3) is 4.24. The molecule has 0 aliphatic heterocycles. The molecule has 1 fully saturated rings. The molecule has 0 spiro atoms. The van der Waals surface area contributed by atoms with Crippen molar-refractivity contribution in [3.63, 3.8) is 0 Å². The first-order valence-corrected chi connectivity index (χ1v) is 8.56. The van der Waals surface area contributed by atoms with Crippen molar-refractivity contribution in [3.8, 4) is 0 Å². The molecule has 1 amide bonds. The highest BCUT2D eigenvalue weighted by Gasteiger charge is 2.46. The van der Waals surface area contributed by atoms with Gasteiger partial charge in [0, 0.05) is 5.92 Å². The van der Waals surface area contributed by atoms with Crippen LogP contribution in [0.4, 0.5) is 13.2 Å². The molecule has 2 aromatic carbocycles. The van der Waals surface area contributed by atoms with E-state index >= 15 is 0 Å². The summed E-state index contributed by atoms with van der Waals surface area (Å²) in [5.74, 6) is -5.46. The molecular formula is C19H15ClF3NO3. The fourth-order valence-corrected chi connectivity index (χ4v) is 3.19. The number of nitrogens with one attached hydrogen (secondary N) is 1. The Kier molecular flexibility index (Phi) is 5.41. The minimum absolute atomic E-state index is 0.113. The average molecular weight is 398 g/mol. The molecule has 0 radical (unpaired) electrons. The lowest BCUT2D eigenvalue weighted by molar-refractivity contribution is -0.137. The van der Waals surface area contributed by atoms with Crippen molar-refractivity contribution in [2.75, 3.05) is 0 Å². The SMILES string of the molecule is O=C(O)CC(NC(=O)C1CC1c1cccc(F)c1F)c1ccc(Cl)c(F)c1. The van der Waals surface area contributed by atoms with Gasteiger partial charge in [-0.1, -0.05) is 29.8 Å². The van der Waals surface area contributed by atoms with Gasteiger partial charge in [-0.3, -0.25) is 9.59 Å². The number of carboxylic acids is 1. The van der Waals surface area contributed by atoms with Crippen molar-refractivity contribution in [2.45, 2.75) is 24.8 Å². The van der Waals surface area contributed by atoms with Crippen LogP contribution in [0.1, 0.15) is 35.9 Å². The van der Waals surface area contributed by atoms with Gasteiger partial charge in [0.25, 0.3) is 0 Å². The molecule has 0 bridgehead atoms. The Morgan fingerprint density at radius 3 is 2.59 bits per heavy atom. The van der Waals surface area contributed by atoms with E-state index in [2.05, 4.69) is 5.32 Å². The van der Waals surface area contributed by atoms with Crippen LogP contribution in [0, 0.1) is 23.4 Å². The predicted octanol–water partition coefficient (Wildman–Crippen LogP) is 4.19. The lowest BCUT2D eigenvalue weighted by Crippen LogP contribution is -2.31. The minimum Gasteiger partial charge on any atom is -0.481 e. The molecule has 0 heterocycles. The second-order valence-electron chi connectivity index (χ2n) is 6.42. The largest absolute Gasteiger partial charge is 0.481 e. The molecule has 1 saturated carbocycles. The van der Waals surface area contributed by atoms with E-state index < -0.39 is 53.6 Å². The highest BCUT2D eigenvalue weighted by molar-refractivity contribution is 6.30. The number of benzene rings is 2. The number of carbonyl (C=O) groups excluding carboxylic acids is 1. The lowest BCUT2D eigenvalue weighted by atomic mass is 10.0. The number of hydrogen-bond acceptors (Lipinski definition) is 2. The number of carboxylic acid groups (broad SMARTS) is 1. The standard InChI is InChI=1S/C19H15ClF3NO3/c20-13-5-4-9(6-15(13)22)16(8-17(25)26)24-19(27)12-7-11(12)10-2-1-3-14(21)18(10)23/h1-6,11-12,16H,7-8H2,(H,24,27)(H,25,26). The zero-order valence-corrected chi connectivity index (χ0v) is 14.6. The highest BCUT2D eigenvalue weighted by Crippen LogP contribution is 2.48. The molecule has 0 aromatic heterocycles. The third-order valence-corrected chi connectivity index (χ3v) is 4.86. The molecule has 142 valence electrons. The maximum Gasteiger partial charge on any atom is 0.305 e. The quantitative estimate of drug-likeness (QED) is 0.768. The van der Waals surface area contributed by atoms with Gasteiger partial charge in [0.2, 0.25) is 5.91 Å². The summed E-state index contributed by atoms with van der Waals surface area (Å²) in [4.78, 5) is 23.6. The first-order valence-electron chi connectivity index (χ1n) is 8.19. The van der Waals surface area contributed by atoms with E-state index in [1.807, 2.05) is 0 Å². The molecule has 3 rings (SSSR count). The van der Waals surface area contributed by atoms with Gasteiger partial charge in [-0.2, -0.15) is 0 Å². The fraction of sp³-hybridized carbons (Fsp3) is 0.263. The van der Waals surface area contributed by atoms with Gasteiger partial charge in [0.05, 0.1) is 17.5 Å². The van der Waals surface area contributed by atoms with Crippen molar-refractivity contribution < 1.29 is 27.9 Å². The van der Waals surface area contributed by atoms with Gasteiger partial charge in [-0.15, -0.1) is 0 Å². The van der Waals surface area contributed by atoms with E-state index in [1.165, 1.54) is 24.3 Å². The second kappa shape index (κ2) is 7.60. The van der Waals surface area contributed by atoms with Crippen molar-refractivity contribution in [1.29, 1.82) is 0 Å². The van der Waals surface area contributed by atoms with Crippen LogP contribution < -0.4 is 5.32 Å². The van der Waals surface area contributed by atoms with Gasteiger partial charge in [0.1, 0.15) is 5.82 Å². The molecule has 1 aliphatic carbocycles. The van der Waals surface area contributed by atoms with E-state index in [1.54, 1.807) is 0 Å². The molecule has 4 nitrogen and oxygen atoms in total. The molecular weight excluding hydrogens is 383 g/mol.